The van der Waals surface area contributed by atoms with E-state index < -0.39 is 23.4 Å². The smallest absolute Gasteiger partial charge is 0.415 e. The molecular formula is C36H45N4O5PS. The summed E-state index contributed by atoms with van der Waals surface area (Å²) in [7, 11) is -8.67. The fourth-order valence-corrected chi connectivity index (χ4v) is 9.73. The van der Waals surface area contributed by atoms with Crippen molar-refractivity contribution in [3.63, 3.8) is 0 Å². The van der Waals surface area contributed by atoms with Crippen molar-refractivity contribution in [2.75, 3.05) is 0 Å². The summed E-state index contributed by atoms with van der Waals surface area (Å²) in [5, 5.41) is 0. The lowest BCUT2D eigenvalue weighted by Gasteiger charge is -2.30. The van der Waals surface area contributed by atoms with Crippen LogP contribution >= 0.6 is 7.60 Å². The Morgan fingerprint density at radius 1 is 0.723 bits per heavy atom. The van der Waals surface area contributed by atoms with Crippen molar-refractivity contribution in [2.45, 2.75) is 76.4 Å². The van der Waals surface area contributed by atoms with E-state index >= 15 is 4.57 Å². The first-order chi connectivity index (χ1) is 22.2. The third-order valence-corrected chi connectivity index (χ3v) is 11.4. The molecule has 4 rings (SSSR count). The predicted octanol–water partition coefficient (Wildman–Crippen LogP) is 8.16. The van der Waals surface area contributed by atoms with Gasteiger partial charge in [0.15, 0.2) is 11.7 Å². The van der Waals surface area contributed by atoms with E-state index in [1.54, 1.807) is 84.9 Å². The van der Waals surface area contributed by atoms with Gasteiger partial charge in [-0.1, -0.05) is 102 Å². The highest BCUT2D eigenvalue weighted by molar-refractivity contribution is 7.90. The molecule has 0 fully saturated rings. The normalized spacial score (nSPS) is 12.7. The van der Waals surface area contributed by atoms with Crippen molar-refractivity contribution in [2.24, 2.45) is 16.5 Å². The second-order valence-corrected chi connectivity index (χ2v) is 16.1. The van der Waals surface area contributed by atoms with Crippen LogP contribution in [0.3, 0.4) is 0 Å². The highest BCUT2D eigenvalue weighted by Gasteiger charge is 2.43. The molecule has 0 aliphatic rings. The number of hydrogen-bond acceptors (Lipinski definition) is 6. The van der Waals surface area contributed by atoms with Gasteiger partial charge in [0.2, 0.25) is 10.0 Å². The standard InChI is InChI=1S/C36H45N4O5PS/c1-24(2)31-21-22-32(25(3)4)35(34(31)26(5)6)47(42,43)40-33(23-27-17-19-28(20-18-27)39-36(37)38)46(41,44-29-13-9-7-10-14-29)45-30-15-11-8-12-16-30/h7-22,24-26,33,40H,23H2,1-6H3,(H4,37,38,39). The Balaban J connectivity index is 1.92. The van der Waals surface area contributed by atoms with Gasteiger partial charge in [0.1, 0.15) is 11.5 Å². The molecule has 0 aliphatic carbocycles. The second kappa shape index (κ2) is 15.2. The third kappa shape index (κ3) is 9.04. The maximum atomic E-state index is 15.2. The maximum absolute atomic E-state index is 15.2. The van der Waals surface area contributed by atoms with Gasteiger partial charge in [0, 0.05) is 6.42 Å². The SMILES string of the molecule is CC(C)c1ccc(C(C)C)c(S(=O)(=O)NC(Cc2ccc(N=C(N)N)cc2)P(=O)(Oc2ccccc2)Oc2ccccc2)c1C(C)C. The Morgan fingerprint density at radius 2 is 1.21 bits per heavy atom. The van der Waals surface area contributed by atoms with E-state index in [0.29, 0.717) is 16.8 Å². The molecule has 47 heavy (non-hydrogen) atoms. The van der Waals surface area contributed by atoms with Crippen molar-refractivity contribution in [3.05, 3.63) is 119 Å². The first kappa shape index (κ1) is 35.7. The van der Waals surface area contributed by atoms with Crippen LogP contribution in [0.25, 0.3) is 0 Å². The number of sulfonamides is 1. The topological polar surface area (TPSA) is 146 Å². The number of nitrogens with one attached hydrogen (secondary N) is 1. The van der Waals surface area contributed by atoms with Crippen LogP contribution in [0.5, 0.6) is 11.5 Å². The summed E-state index contributed by atoms with van der Waals surface area (Å²) < 4.78 is 59.9. The molecule has 0 spiro atoms. The molecule has 0 aliphatic heterocycles. The Kier molecular flexibility index (Phi) is 11.6. The quantitative estimate of drug-likeness (QED) is 0.0694. The zero-order valence-electron chi connectivity index (χ0n) is 27.8. The summed E-state index contributed by atoms with van der Waals surface area (Å²) >= 11 is 0. The molecule has 4 aromatic rings. The lowest BCUT2D eigenvalue weighted by molar-refractivity contribution is 0.366. The maximum Gasteiger partial charge on any atom is 0.448 e. The van der Waals surface area contributed by atoms with E-state index in [9.17, 15) is 8.42 Å². The van der Waals surface area contributed by atoms with Crippen LogP contribution < -0.4 is 25.2 Å². The van der Waals surface area contributed by atoms with E-state index in [2.05, 4.69) is 9.71 Å². The van der Waals surface area contributed by atoms with Crippen molar-refractivity contribution in [1.29, 1.82) is 0 Å². The molecular weight excluding hydrogens is 631 g/mol. The molecule has 4 aromatic carbocycles. The monoisotopic (exact) mass is 676 g/mol. The summed E-state index contributed by atoms with van der Waals surface area (Å²) in [6.45, 7) is 12.0. The van der Waals surface area contributed by atoms with Crippen LogP contribution in [-0.4, -0.2) is 20.2 Å². The van der Waals surface area contributed by atoms with Crippen molar-refractivity contribution < 1.29 is 22.0 Å². The number of guanidine groups is 1. The van der Waals surface area contributed by atoms with E-state index in [0.717, 1.165) is 11.1 Å². The Bertz CT molecular complexity index is 1780. The minimum Gasteiger partial charge on any atom is -0.415 e. The fourth-order valence-electron chi connectivity index (χ4n) is 5.42. The number of nitrogens with zero attached hydrogens (tertiary/aromatic N) is 1. The molecule has 0 amide bonds. The zero-order valence-corrected chi connectivity index (χ0v) is 29.5. The van der Waals surface area contributed by atoms with Crippen LogP contribution in [-0.2, 0) is 21.0 Å². The Hall–Kier alpha value is -4.11. The molecule has 0 saturated heterocycles. The third-order valence-electron chi connectivity index (χ3n) is 7.60. The second-order valence-electron chi connectivity index (χ2n) is 12.3. The average Bonchev–Trinajstić information content (AvgIpc) is 3.01. The molecule has 11 heteroatoms. The summed E-state index contributed by atoms with van der Waals surface area (Å²) in [5.41, 5.74) is 14.6. The van der Waals surface area contributed by atoms with Crippen LogP contribution in [0.2, 0.25) is 0 Å². The molecule has 0 radical (unpaired) electrons. The molecule has 0 aromatic heterocycles. The molecule has 250 valence electrons. The average molecular weight is 677 g/mol. The molecule has 5 N–H and O–H groups in total. The summed E-state index contributed by atoms with van der Waals surface area (Å²) in [6.07, 6.45) is -0.0316. The number of aliphatic imine (C=N–C) groups is 1. The molecule has 1 unspecified atom stereocenters. The van der Waals surface area contributed by atoms with Crippen molar-refractivity contribution >= 4 is 29.3 Å². The van der Waals surface area contributed by atoms with Crippen LogP contribution in [0.4, 0.5) is 5.69 Å². The van der Waals surface area contributed by atoms with Gasteiger partial charge in [0.25, 0.3) is 0 Å². The van der Waals surface area contributed by atoms with E-state index in [1.165, 1.54) is 0 Å². The molecule has 0 bridgehead atoms. The first-order valence-corrected chi connectivity index (χ1v) is 18.8. The van der Waals surface area contributed by atoms with Crippen LogP contribution in [0.15, 0.2) is 107 Å². The number of para-hydroxylation sites is 2. The minimum atomic E-state index is -4.36. The van der Waals surface area contributed by atoms with Gasteiger partial charge in [-0.3, -0.25) is 0 Å². The van der Waals surface area contributed by atoms with E-state index in [4.69, 9.17) is 20.5 Å². The fraction of sp³-hybridized carbons (Fsp3) is 0.306. The van der Waals surface area contributed by atoms with Crippen molar-refractivity contribution in [3.8, 4) is 11.5 Å². The van der Waals surface area contributed by atoms with Gasteiger partial charge in [-0.25, -0.2) is 18.0 Å². The van der Waals surface area contributed by atoms with Gasteiger partial charge in [-0.05, 0) is 76.4 Å². The van der Waals surface area contributed by atoms with Gasteiger partial charge >= 0.3 is 7.60 Å². The molecule has 0 heterocycles. The Morgan fingerprint density at radius 3 is 1.66 bits per heavy atom. The minimum absolute atomic E-state index is 0.0316. The van der Waals surface area contributed by atoms with E-state index in [-0.39, 0.29) is 46.5 Å². The van der Waals surface area contributed by atoms with Gasteiger partial charge in [-0.15, -0.1) is 0 Å². The lowest BCUT2D eigenvalue weighted by Crippen LogP contribution is -2.39. The molecule has 9 nitrogen and oxygen atoms in total. The Labute approximate surface area is 279 Å². The lowest BCUT2D eigenvalue weighted by atomic mass is 9.87. The zero-order chi connectivity index (χ0) is 34.4. The first-order valence-electron chi connectivity index (χ1n) is 15.7. The highest BCUT2D eigenvalue weighted by atomic mass is 32.2. The van der Waals surface area contributed by atoms with Crippen molar-refractivity contribution in [1.82, 2.24) is 4.72 Å². The van der Waals surface area contributed by atoms with Gasteiger partial charge < -0.3 is 20.5 Å². The number of hydrogen-bond donors (Lipinski definition) is 3. The number of benzene rings is 4. The predicted molar refractivity (Wildman–Crippen MR) is 190 cm³/mol. The van der Waals surface area contributed by atoms with Gasteiger partial charge in [-0.2, -0.15) is 4.72 Å². The highest BCUT2D eigenvalue weighted by Crippen LogP contribution is 2.53. The van der Waals surface area contributed by atoms with Crippen LogP contribution in [0.1, 0.15) is 81.5 Å². The molecule has 1 atom stereocenters. The number of rotatable bonds is 14. The number of nitrogens with two attached hydrogens (primary N) is 2. The summed E-state index contributed by atoms with van der Waals surface area (Å²) in [5.74, 6) is -1.02. The largest absolute Gasteiger partial charge is 0.448 e. The van der Waals surface area contributed by atoms with Crippen LogP contribution in [0, 0.1) is 0 Å². The molecule has 0 saturated carbocycles. The van der Waals surface area contributed by atoms with E-state index in [1.807, 2.05) is 53.7 Å². The summed E-state index contributed by atoms with van der Waals surface area (Å²) in [4.78, 5) is 4.27. The summed E-state index contributed by atoms with van der Waals surface area (Å²) in [6, 6.07) is 28.0. The van der Waals surface area contributed by atoms with Gasteiger partial charge in [0.05, 0.1) is 10.6 Å².